The molecule has 146 valence electrons. The molecule has 0 aliphatic rings. The molecule has 0 saturated heterocycles. The van der Waals surface area contributed by atoms with E-state index in [0.717, 1.165) is 77.6 Å². The monoisotopic (exact) mass is 370 g/mol. The largest absolute Gasteiger partial charge is 0.332 e. The summed E-state index contributed by atoms with van der Waals surface area (Å²) in [5, 5.41) is 0. The summed E-state index contributed by atoms with van der Waals surface area (Å²) in [5.41, 5.74) is 0. The molecule has 0 rings (SSSR count). The van der Waals surface area contributed by atoms with E-state index in [2.05, 4.69) is 19.7 Å². The van der Waals surface area contributed by atoms with Crippen molar-refractivity contribution < 1.29 is 13.6 Å². The number of rotatable bonds is 21. The molecular formula is C21H39O3P. The molecule has 0 aromatic carbocycles. The first-order chi connectivity index (χ1) is 12.3. The third-order valence-corrected chi connectivity index (χ3v) is 4.93. The molecule has 0 aromatic rings. The molecule has 0 radical (unpaired) electrons. The molecule has 3 nitrogen and oxygen atoms in total. The van der Waals surface area contributed by atoms with E-state index in [4.69, 9.17) is 13.6 Å². The summed E-state index contributed by atoms with van der Waals surface area (Å²) in [5.74, 6) is 0. The van der Waals surface area contributed by atoms with Crippen LogP contribution in [0.25, 0.3) is 0 Å². The molecule has 25 heavy (non-hydrogen) atoms. The Labute approximate surface area is 157 Å². The predicted octanol–water partition coefficient (Wildman–Crippen LogP) is 7.50. The Morgan fingerprint density at radius 3 is 1.08 bits per heavy atom. The van der Waals surface area contributed by atoms with Crippen molar-refractivity contribution >= 4 is 8.60 Å². The van der Waals surface area contributed by atoms with Gasteiger partial charge in [-0.2, -0.15) is 0 Å². The first kappa shape index (κ1) is 24.5. The van der Waals surface area contributed by atoms with E-state index in [1.54, 1.807) is 0 Å². The molecular weight excluding hydrogens is 331 g/mol. The lowest BCUT2D eigenvalue weighted by Gasteiger charge is -2.17. The zero-order valence-electron chi connectivity index (χ0n) is 16.1. The van der Waals surface area contributed by atoms with Crippen LogP contribution in [0, 0.1) is 0 Å². The smallest absolute Gasteiger partial charge is 0.312 e. The van der Waals surface area contributed by atoms with Gasteiger partial charge in [-0.3, -0.25) is 0 Å². The van der Waals surface area contributed by atoms with Crippen LogP contribution in [-0.4, -0.2) is 19.8 Å². The van der Waals surface area contributed by atoms with E-state index < -0.39 is 8.60 Å². The number of hydrogen-bond acceptors (Lipinski definition) is 3. The van der Waals surface area contributed by atoms with Gasteiger partial charge in [0.1, 0.15) is 0 Å². The van der Waals surface area contributed by atoms with E-state index in [1.165, 1.54) is 19.3 Å². The summed E-state index contributed by atoms with van der Waals surface area (Å²) in [6.07, 6.45) is 19.3. The van der Waals surface area contributed by atoms with Crippen molar-refractivity contribution in [2.75, 3.05) is 19.8 Å². The fourth-order valence-corrected chi connectivity index (χ4v) is 3.29. The number of allylic oxidation sites excluding steroid dienone is 3. The second-order valence-corrected chi connectivity index (χ2v) is 7.36. The van der Waals surface area contributed by atoms with Crippen LogP contribution in [0.1, 0.15) is 77.0 Å². The Bertz CT molecular complexity index is 260. The van der Waals surface area contributed by atoms with Gasteiger partial charge < -0.3 is 13.6 Å². The van der Waals surface area contributed by atoms with Crippen molar-refractivity contribution in [3.05, 3.63) is 38.0 Å². The minimum atomic E-state index is -1.19. The van der Waals surface area contributed by atoms with Crippen molar-refractivity contribution in [1.82, 2.24) is 0 Å². The molecule has 0 saturated carbocycles. The normalized spacial score (nSPS) is 10.9. The van der Waals surface area contributed by atoms with Gasteiger partial charge in [0.15, 0.2) is 0 Å². The van der Waals surface area contributed by atoms with Crippen molar-refractivity contribution in [2.45, 2.75) is 77.0 Å². The SMILES string of the molecule is C=CCCCCCOP(OCCCCCC=C)OCCCCCC=C. The van der Waals surface area contributed by atoms with Gasteiger partial charge in [-0.15, -0.1) is 19.7 Å². The molecule has 0 aromatic heterocycles. The van der Waals surface area contributed by atoms with Crippen LogP contribution in [-0.2, 0) is 13.6 Å². The molecule has 0 heterocycles. The predicted molar refractivity (Wildman–Crippen MR) is 111 cm³/mol. The molecule has 0 aliphatic heterocycles. The van der Waals surface area contributed by atoms with Gasteiger partial charge in [-0.25, -0.2) is 0 Å². The van der Waals surface area contributed by atoms with Crippen LogP contribution in [0.4, 0.5) is 0 Å². The maximum Gasteiger partial charge on any atom is 0.332 e. The Morgan fingerprint density at radius 2 is 0.800 bits per heavy atom. The van der Waals surface area contributed by atoms with Crippen molar-refractivity contribution in [1.29, 1.82) is 0 Å². The summed E-state index contributed by atoms with van der Waals surface area (Å²) < 4.78 is 17.5. The van der Waals surface area contributed by atoms with Crippen LogP contribution in [0.3, 0.4) is 0 Å². The standard InChI is InChI=1S/C21H39O3P/c1-4-7-10-13-16-19-22-25(23-20-17-14-11-8-5-2)24-21-18-15-12-9-6-3/h4-6H,1-3,7-21H2. The van der Waals surface area contributed by atoms with E-state index in [1.807, 2.05) is 18.2 Å². The summed E-state index contributed by atoms with van der Waals surface area (Å²) in [6, 6.07) is 0. The molecule has 0 bridgehead atoms. The second kappa shape index (κ2) is 21.6. The molecule has 0 atom stereocenters. The summed E-state index contributed by atoms with van der Waals surface area (Å²) in [6.45, 7) is 13.4. The van der Waals surface area contributed by atoms with Crippen LogP contribution >= 0.6 is 8.60 Å². The Balaban J connectivity index is 3.81. The van der Waals surface area contributed by atoms with Gasteiger partial charge in [-0.05, 0) is 57.8 Å². The summed E-state index contributed by atoms with van der Waals surface area (Å²) >= 11 is 0. The first-order valence-electron chi connectivity index (χ1n) is 9.86. The highest BCUT2D eigenvalue weighted by atomic mass is 31.2. The van der Waals surface area contributed by atoms with Gasteiger partial charge in [-0.1, -0.05) is 37.5 Å². The fourth-order valence-electron chi connectivity index (χ4n) is 2.23. The third kappa shape index (κ3) is 19.7. The zero-order chi connectivity index (χ0) is 18.4. The quantitative estimate of drug-likeness (QED) is 0.119. The van der Waals surface area contributed by atoms with Crippen LogP contribution in [0.2, 0.25) is 0 Å². The van der Waals surface area contributed by atoms with E-state index >= 15 is 0 Å². The highest BCUT2D eigenvalue weighted by molar-refractivity contribution is 7.41. The summed E-state index contributed by atoms with van der Waals surface area (Å²) in [7, 11) is -1.19. The third-order valence-electron chi connectivity index (χ3n) is 3.75. The van der Waals surface area contributed by atoms with Crippen LogP contribution in [0.15, 0.2) is 38.0 Å². The average Bonchev–Trinajstić information content (AvgIpc) is 2.63. The maximum absolute atomic E-state index is 5.84. The Kier molecular flexibility index (Phi) is 21.2. The Morgan fingerprint density at radius 1 is 0.480 bits per heavy atom. The number of unbranched alkanes of at least 4 members (excludes halogenated alkanes) is 9. The number of hydrogen-bond donors (Lipinski definition) is 0. The molecule has 0 amide bonds. The van der Waals surface area contributed by atoms with Crippen molar-refractivity contribution in [3.63, 3.8) is 0 Å². The van der Waals surface area contributed by atoms with Crippen LogP contribution < -0.4 is 0 Å². The topological polar surface area (TPSA) is 27.7 Å². The van der Waals surface area contributed by atoms with E-state index in [0.29, 0.717) is 0 Å². The second-order valence-electron chi connectivity index (χ2n) is 6.14. The van der Waals surface area contributed by atoms with Gasteiger partial charge in [0.05, 0.1) is 19.8 Å². The minimum Gasteiger partial charge on any atom is -0.312 e. The average molecular weight is 371 g/mol. The van der Waals surface area contributed by atoms with Gasteiger partial charge >= 0.3 is 8.60 Å². The van der Waals surface area contributed by atoms with E-state index in [9.17, 15) is 0 Å². The Hall–Kier alpha value is -0.470. The van der Waals surface area contributed by atoms with Gasteiger partial charge in [0.25, 0.3) is 0 Å². The lowest BCUT2D eigenvalue weighted by Crippen LogP contribution is -2.00. The molecule has 0 unspecified atom stereocenters. The molecule has 0 spiro atoms. The first-order valence-corrected chi connectivity index (χ1v) is 11.0. The van der Waals surface area contributed by atoms with Crippen molar-refractivity contribution in [2.24, 2.45) is 0 Å². The van der Waals surface area contributed by atoms with Gasteiger partial charge in [0, 0.05) is 0 Å². The maximum atomic E-state index is 5.84. The lowest BCUT2D eigenvalue weighted by atomic mass is 10.2. The molecule has 4 heteroatoms. The minimum absolute atomic E-state index is 0.718. The van der Waals surface area contributed by atoms with Crippen LogP contribution in [0.5, 0.6) is 0 Å². The summed E-state index contributed by atoms with van der Waals surface area (Å²) in [4.78, 5) is 0. The lowest BCUT2D eigenvalue weighted by molar-refractivity contribution is 0.154. The molecule has 0 N–H and O–H groups in total. The highest BCUT2D eigenvalue weighted by Crippen LogP contribution is 2.40. The van der Waals surface area contributed by atoms with Crippen molar-refractivity contribution in [3.8, 4) is 0 Å². The molecule has 0 fully saturated rings. The zero-order valence-corrected chi connectivity index (χ0v) is 17.0. The highest BCUT2D eigenvalue weighted by Gasteiger charge is 2.12. The fraction of sp³-hybridized carbons (Fsp3) is 0.714. The van der Waals surface area contributed by atoms with E-state index in [-0.39, 0.29) is 0 Å². The van der Waals surface area contributed by atoms with Gasteiger partial charge in [0.2, 0.25) is 0 Å². The molecule has 0 aliphatic carbocycles.